The van der Waals surface area contributed by atoms with Gasteiger partial charge in [-0.15, -0.1) is 6.42 Å². The molecule has 0 fully saturated rings. The lowest BCUT2D eigenvalue weighted by atomic mass is 10.1. The predicted octanol–water partition coefficient (Wildman–Crippen LogP) is 1.34. The minimum absolute atomic E-state index is 0.0970. The molecule has 156 valence electrons. The fourth-order valence-electron chi connectivity index (χ4n) is 2.91. The van der Waals surface area contributed by atoms with E-state index in [1.54, 1.807) is 48.5 Å². The molecule has 31 heavy (non-hydrogen) atoms. The third-order valence-corrected chi connectivity index (χ3v) is 4.55. The molecule has 0 aliphatic carbocycles. The van der Waals surface area contributed by atoms with Crippen LogP contribution in [0.15, 0.2) is 59.5 Å². The van der Waals surface area contributed by atoms with Gasteiger partial charge in [0.25, 0.3) is 5.91 Å². The number of pyridine rings is 1. The van der Waals surface area contributed by atoms with Gasteiger partial charge in [0, 0.05) is 35.4 Å². The first-order chi connectivity index (χ1) is 14.9. The van der Waals surface area contributed by atoms with Crippen molar-refractivity contribution in [3.63, 3.8) is 0 Å². The summed E-state index contributed by atoms with van der Waals surface area (Å²) in [5.41, 5.74) is 1.22. The molecule has 0 saturated carbocycles. The number of terminal acetylenes is 1. The average Bonchev–Trinajstić information content (AvgIpc) is 2.77. The molecule has 0 unspecified atom stereocenters. The molecule has 2 aromatic carbocycles. The van der Waals surface area contributed by atoms with Crippen molar-refractivity contribution in [3.05, 3.63) is 76.1 Å². The fourth-order valence-corrected chi connectivity index (χ4v) is 2.91. The van der Waals surface area contributed by atoms with Crippen molar-refractivity contribution in [2.75, 3.05) is 25.5 Å². The topological polar surface area (TPSA) is 111 Å². The van der Waals surface area contributed by atoms with Gasteiger partial charge >= 0.3 is 0 Å². The maximum Gasteiger partial charge on any atom is 0.257 e. The molecule has 0 aliphatic heterocycles. The molecule has 3 aromatic rings. The van der Waals surface area contributed by atoms with Crippen LogP contribution in [0.1, 0.15) is 15.9 Å². The van der Waals surface area contributed by atoms with E-state index < -0.39 is 23.2 Å². The number of carbonyl (C=O) groups is 3. The van der Waals surface area contributed by atoms with Crippen LogP contribution in [0.5, 0.6) is 0 Å². The Morgan fingerprint density at radius 2 is 1.90 bits per heavy atom. The van der Waals surface area contributed by atoms with Crippen LogP contribution < -0.4 is 16.1 Å². The monoisotopic (exact) mass is 416 g/mol. The van der Waals surface area contributed by atoms with E-state index in [1.165, 1.54) is 18.1 Å². The van der Waals surface area contributed by atoms with E-state index in [4.69, 9.17) is 6.42 Å². The van der Waals surface area contributed by atoms with E-state index in [1.807, 2.05) is 0 Å². The number of benzene rings is 2. The number of aromatic nitrogens is 1. The van der Waals surface area contributed by atoms with E-state index in [0.29, 0.717) is 22.2 Å². The second-order valence-electron chi connectivity index (χ2n) is 6.78. The van der Waals surface area contributed by atoms with E-state index in [0.717, 1.165) is 0 Å². The smallest absolute Gasteiger partial charge is 0.257 e. The lowest BCUT2D eigenvalue weighted by Crippen LogP contribution is -2.42. The second-order valence-corrected chi connectivity index (χ2v) is 6.78. The zero-order chi connectivity index (χ0) is 22.4. The van der Waals surface area contributed by atoms with Gasteiger partial charge in [-0.1, -0.05) is 24.1 Å². The Morgan fingerprint density at radius 3 is 2.68 bits per heavy atom. The minimum atomic E-state index is -0.677. The molecule has 0 radical (unpaired) electrons. The molecule has 1 aromatic heterocycles. The summed E-state index contributed by atoms with van der Waals surface area (Å²) in [5, 5.41) is 5.45. The van der Waals surface area contributed by atoms with Gasteiger partial charge in [-0.25, -0.2) is 0 Å². The Hall–Kier alpha value is -4.38. The van der Waals surface area contributed by atoms with Crippen LogP contribution in [0, 0.1) is 12.3 Å². The van der Waals surface area contributed by atoms with Gasteiger partial charge in [0.1, 0.15) is 5.56 Å². The number of hydrogen-bond donors (Lipinski definition) is 3. The van der Waals surface area contributed by atoms with Crippen molar-refractivity contribution in [2.45, 2.75) is 0 Å². The second kappa shape index (κ2) is 9.41. The number of nitrogens with one attached hydrogen (secondary N) is 3. The molecular weight excluding hydrogens is 396 g/mol. The predicted molar refractivity (Wildman–Crippen MR) is 118 cm³/mol. The van der Waals surface area contributed by atoms with Crippen molar-refractivity contribution in [1.29, 1.82) is 0 Å². The molecule has 0 aliphatic rings. The highest BCUT2D eigenvalue weighted by Gasteiger charge is 2.17. The van der Waals surface area contributed by atoms with Gasteiger partial charge in [-0.3, -0.25) is 19.2 Å². The first kappa shape index (κ1) is 21.3. The molecule has 8 heteroatoms. The Morgan fingerprint density at radius 1 is 1.13 bits per heavy atom. The van der Waals surface area contributed by atoms with Gasteiger partial charge in [0.15, 0.2) is 0 Å². The zero-order valence-corrected chi connectivity index (χ0v) is 16.8. The maximum atomic E-state index is 12.5. The SMILES string of the molecule is C#Cc1cccc(NC(=O)CN(C)C(=O)CNC(=O)c2c[nH]c3ccccc3c2=O)c1. The van der Waals surface area contributed by atoms with Crippen LogP contribution >= 0.6 is 0 Å². The first-order valence-electron chi connectivity index (χ1n) is 9.38. The molecule has 0 saturated heterocycles. The quantitative estimate of drug-likeness (QED) is 0.527. The van der Waals surface area contributed by atoms with Gasteiger partial charge < -0.3 is 20.5 Å². The number of aromatic amines is 1. The Kier molecular flexibility index (Phi) is 6.48. The Bertz CT molecular complexity index is 1260. The molecule has 3 N–H and O–H groups in total. The lowest BCUT2D eigenvalue weighted by molar-refractivity contribution is -0.132. The number of amides is 3. The van der Waals surface area contributed by atoms with Crippen molar-refractivity contribution in [2.24, 2.45) is 0 Å². The number of rotatable bonds is 6. The van der Waals surface area contributed by atoms with Crippen molar-refractivity contribution >= 4 is 34.3 Å². The fraction of sp³-hybridized carbons (Fsp3) is 0.130. The highest BCUT2D eigenvalue weighted by Crippen LogP contribution is 2.10. The van der Waals surface area contributed by atoms with Crippen LogP contribution in [0.2, 0.25) is 0 Å². The molecular formula is C23H20N4O4. The number of H-pyrrole nitrogens is 1. The van der Waals surface area contributed by atoms with Gasteiger partial charge in [-0.05, 0) is 30.3 Å². The van der Waals surface area contributed by atoms with Crippen LogP contribution in [0.25, 0.3) is 10.9 Å². The largest absolute Gasteiger partial charge is 0.360 e. The number of anilines is 1. The highest BCUT2D eigenvalue weighted by molar-refractivity contribution is 5.99. The normalized spacial score (nSPS) is 10.2. The molecule has 8 nitrogen and oxygen atoms in total. The van der Waals surface area contributed by atoms with Crippen molar-refractivity contribution < 1.29 is 14.4 Å². The number of fused-ring (bicyclic) bond motifs is 1. The summed E-state index contributed by atoms with van der Waals surface area (Å²) < 4.78 is 0. The van der Waals surface area contributed by atoms with Gasteiger partial charge in [-0.2, -0.15) is 0 Å². The Balaban J connectivity index is 1.55. The Labute approximate surface area is 178 Å². The average molecular weight is 416 g/mol. The molecule has 0 spiro atoms. The van der Waals surface area contributed by atoms with E-state index >= 15 is 0 Å². The molecule has 1 heterocycles. The van der Waals surface area contributed by atoms with Crippen LogP contribution in [0.3, 0.4) is 0 Å². The molecule has 0 atom stereocenters. The first-order valence-corrected chi connectivity index (χ1v) is 9.38. The number of nitrogens with zero attached hydrogens (tertiary/aromatic N) is 1. The summed E-state index contributed by atoms with van der Waals surface area (Å²) in [6.07, 6.45) is 6.65. The zero-order valence-electron chi connectivity index (χ0n) is 16.8. The lowest BCUT2D eigenvalue weighted by Gasteiger charge is -2.17. The summed E-state index contributed by atoms with van der Waals surface area (Å²) in [5.74, 6) is 0.895. The summed E-state index contributed by atoms with van der Waals surface area (Å²) >= 11 is 0. The number of likely N-dealkylation sites (N-methyl/N-ethyl adjacent to an activating group) is 1. The van der Waals surface area contributed by atoms with E-state index in [2.05, 4.69) is 21.5 Å². The van der Waals surface area contributed by atoms with Crippen molar-refractivity contribution in [1.82, 2.24) is 15.2 Å². The summed E-state index contributed by atoms with van der Waals surface area (Å²) in [6.45, 7) is -0.576. The molecule has 0 bridgehead atoms. The summed E-state index contributed by atoms with van der Waals surface area (Å²) in [4.78, 5) is 53.3. The molecule has 3 rings (SSSR count). The highest BCUT2D eigenvalue weighted by atomic mass is 16.2. The third kappa shape index (κ3) is 5.16. The third-order valence-electron chi connectivity index (χ3n) is 4.55. The standard InChI is InChI=1S/C23H20N4O4/c1-3-15-7-6-8-16(11-15)26-20(28)14-27(2)21(29)13-25-23(31)18-12-24-19-10-5-4-9-17(19)22(18)30/h1,4-12H,13-14H2,2H3,(H,24,30)(H,25,31)(H,26,28). The summed E-state index contributed by atoms with van der Waals surface area (Å²) in [7, 11) is 1.44. The summed E-state index contributed by atoms with van der Waals surface area (Å²) in [6, 6.07) is 13.6. The minimum Gasteiger partial charge on any atom is -0.360 e. The van der Waals surface area contributed by atoms with E-state index in [9.17, 15) is 19.2 Å². The molecule has 3 amide bonds. The van der Waals surface area contributed by atoms with Crippen LogP contribution in [-0.4, -0.2) is 47.7 Å². The van der Waals surface area contributed by atoms with Gasteiger partial charge in [0.05, 0.1) is 13.1 Å². The van der Waals surface area contributed by atoms with Crippen LogP contribution in [0.4, 0.5) is 5.69 Å². The van der Waals surface area contributed by atoms with Gasteiger partial charge in [0.2, 0.25) is 17.2 Å². The number of hydrogen-bond acceptors (Lipinski definition) is 4. The van der Waals surface area contributed by atoms with Crippen molar-refractivity contribution in [3.8, 4) is 12.3 Å². The number of carbonyl (C=O) groups excluding carboxylic acids is 3. The maximum absolute atomic E-state index is 12.5. The van der Waals surface area contributed by atoms with E-state index in [-0.39, 0.29) is 18.7 Å². The van der Waals surface area contributed by atoms with Crippen LogP contribution in [-0.2, 0) is 9.59 Å². The number of para-hydroxylation sites is 1.